The lowest BCUT2D eigenvalue weighted by Crippen LogP contribution is -2.11. The number of hydrogen-bond donors (Lipinski definition) is 0. The highest BCUT2D eigenvalue weighted by Crippen LogP contribution is 2.31. The van der Waals surface area contributed by atoms with Crippen molar-refractivity contribution in [2.24, 2.45) is 0 Å². The number of aryl methyl sites for hydroxylation is 1. The summed E-state index contributed by atoms with van der Waals surface area (Å²) in [5.41, 5.74) is 1.38. The van der Waals surface area contributed by atoms with Gasteiger partial charge in [0.05, 0.1) is 19.3 Å². The van der Waals surface area contributed by atoms with Gasteiger partial charge in [-0.05, 0) is 43.2 Å². The van der Waals surface area contributed by atoms with Crippen LogP contribution in [0.4, 0.5) is 9.18 Å². The molecule has 0 aliphatic rings. The summed E-state index contributed by atoms with van der Waals surface area (Å²) in [6, 6.07) is 9.83. The van der Waals surface area contributed by atoms with Crippen molar-refractivity contribution in [2.45, 2.75) is 26.9 Å². The van der Waals surface area contributed by atoms with Crippen LogP contribution in [-0.2, 0) is 17.8 Å². The number of benzene rings is 2. The van der Waals surface area contributed by atoms with Crippen molar-refractivity contribution in [2.75, 3.05) is 13.7 Å². The SMILES string of the molecule is CCOc1cccc(OC(=O)OC)c1COc1ccc(CC)cc1F. The molecule has 0 heterocycles. The number of halogens is 1. The fourth-order valence-corrected chi connectivity index (χ4v) is 2.24. The molecule has 2 rings (SSSR count). The zero-order chi connectivity index (χ0) is 18.2. The Morgan fingerprint density at radius 3 is 2.44 bits per heavy atom. The second-order valence-electron chi connectivity index (χ2n) is 5.13. The van der Waals surface area contributed by atoms with Gasteiger partial charge in [0.15, 0.2) is 11.6 Å². The largest absolute Gasteiger partial charge is 0.513 e. The van der Waals surface area contributed by atoms with Crippen LogP contribution >= 0.6 is 0 Å². The number of carbonyl (C=O) groups is 1. The van der Waals surface area contributed by atoms with Gasteiger partial charge in [-0.3, -0.25) is 0 Å². The summed E-state index contributed by atoms with van der Waals surface area (Å²) in [5, 5.41) is 0. The van der Waals surface area contributed by atoms with Crippen LogP contribution in [0.15, 0.2) is 36.4 Å². The van der Waals surface area contributed by atoms with Crippen LogP contribution in [0.1, 0.15) is 25.0 Å². The topological polar surface area (TPSA) is 54.0 Å². The first-order chi connectivity index (χ1) is 12.1. The fraction of sp³-hybridized carbons (Fsp3) is 0.316. The van der Waals surface area contributed by atoms with Crippen LogP contribution in [-0.4, -0.2) is 19.9 Å². The molecule has 0 unspecified atom stereocenters. The van der Waals surface area contributed by atoms with Gasteiger partial charge in [0, 0.05) is 0 Å². The van der Waals surface area contributed by atoms with Crippen LogP contribution in [0.3, 0.4) is 0 Å². The molecule has 0 saturated heterocycles. The summed E-state index contributed by atoms with van der Waals surface area (Å²) in [6.07, 6.45) is -0.116. The van der Waals surface area contributed by atoms with E-state index in [0.29, 0.717) is 17.9 Å². The van der Waals surface area contributed by atoms with Crippen LogP contribution < -0.4 is 14.2 Å². The Morgan fingerprint density at radius 2 is 1.80 bits per heavy atom. The van der Waals surface area contributed by atoms with Crippen LogP contribution in [0.2, 0.25) is 0 Å². The quantitative estimate of drug-likeness (QED) is 0.544. The minimum absolute atomic E-state index is 0.0229. The maximum Gasteiger partial charge on any atom is 0.513 e. The smallest absolute Gasteiger partial charge is 0.493 e. The molecule has 25 heavy (non-hydrogen) atoms. The molecule has 0 N–H and O–H groups in total. The summed E-state index contributed by atoms with van der Waals surface area (Å²) in [4.78, 5) is 11.4. The van der Waals surface area contributed by atoms with E-state index in [1.807, 2.05) is 13.8 Å². The molecule has 0 atom stereocenters. The van der Waals surface area contributed by atoms with Crippen LogP contribution in [0.5, 0.6) is 17.2 Å². The maximum absolute atomic E-state index is 14.1. The monoisotopic (exact) mass is 348 g/mol. The first-order valence-corrected chi connectivity index (χ1v) is 8.00. The van der Waals surface area contributed by atoms with Gasteiger partial charge in [-0.25, -0.2) is 9.18 Å². The van der Waals surface area contributed by atoms with Crippen molar-refractivity contribution in [3.05, 3.63) is 53.3 Å². The van der Waals surface area contributed by atoms with Gasteiger partial charge in [0.2, 0.25) is 0 Å². The van der Waals surface area contributed by atoms with Crippen molar-refractivity contribution in [3.63, 3.8) is 0 Å². The zero-order valence-corrected chi connectivity index (χ0v) is 14.5. The third-order valence-corrected chi connectivity index (χ3v) is 3.53. The fourth-order valence-electron chi connectivity index (χ4n) is 2.24. The van der Waals surface area contributed by atoms with Crippen LogP contribution in [0.25, 0.3) is 0 Å². The summed E-state index contributed by atoms with van der Waals surface area (Å²) < 4.78 is 34.8. The minimum Gasteiger partial charge on any atom is -0.493 e. The minimum atomic E-state index is -0.853. The third-order valence-electron chi connectivity index (χ3n) is 3.53. The van der Waals surface area contributed by atoms with Crippen molar-refractivity contribution in [1.82, 2.24) is 0 Å². The second kappa shape index (κ2) is 8.92. The molecule has 0 radical (unpaired) electrons. The average Bonchev–Trinajstić information content (AvgIpc) is 2.62. The van der Waals surface area contributed by atoms with E-state index in [2.05, 4.69) is 4.74 Å². The summed E-state index contributed by atoms with van der Waals surface area (Å²) >= 11 is 0. The Labute approximate surface area is 146 Å². The molecule has 0 aromatic heterocycles. The molecule has 0 spiro atoms. The molecule has 0 amide bonds. The standard InChI is InChI=1S/C19H21FO5/c1-4-13-9-10-18(15(20)11-13)24-12-14-16(23-5-2)7-6-8-17(14)25-19(21)22-3/h6-11H,4-5,12H2,1-3H3. The molecule has 6 heteroatoms. The van der Waals surface area contributed by atoms with Gasteiger partial charge >= 0.3 is 6.16 Å². The van der Waals surface area contributed by atoms with Gasteiger partial charge in [-0.1, -0.05) is 19.1 Å². The Kier molecular flexibility index (Phi) is 6.62. The molecule has 2 aromatic carbocycles. The highest BCUT2D eigenvalue weighted by Gasteiger charge is 2.16. The number of rotatable bonds is 7. The van der Waals surface area contributed by atoms with Crippen molar-refractivity contribution >= 4 is 6.16 Å². The number of hydrogen-bond acceptors (Lipinski definition) is 5. The van der Waals surface area contributed by atoms with Gasteiger partial charge in [0.1, 0.15) is 18.1 Å². The zero-order valence-electron chi connectivity index (χ0n) is 14.5. The number of ether oxygens (including phenoxy) is 4. The lowest BCUT2D eigenvalue weighted by molar-refractivity contribution is 0.120. The first-order valence-electron chi connectivity index (χ1n) is 8.00. The Morgan fingerprint density at radius 1 is 1.04 bits per heavy atom. The van der Waals surface area contributed by atoms with E-state index in [-0.39, 0.29) is 18.1 Å². The number of carbonyl (C=O) groups excluding carboxylic acids is 1. The summed E-state index contributed by atoms with van der Waals surface area (Å²) in [5.74, 6) is 0.411. The van der Waals surface area contributed by atoms with Crippen molar-refractivity contribution in [3.8, 4) is 17.2 Å². The van der Waals surface area contributed by atoms with Gasteiger partial charge in [-0.2, -0.15) is 0 Å². The molecular weight excluding hydrogens is 327 g/mol. The Hall–Kier alpha value is -2.76. The molecule has 0 bridgehead atoms. The molecular formula is C19H21FO5. The normalized spacial score (nSPS) is 10.2. The maximum atomic E-state index is 14.1. The molecule has 0 aliphatic heterocycles. The van der Waals surface area contributed by atoms with E-state index in [4.69, 9.17) is 14.2 Å². The van der Waals surface area contributed by atoms with Gasteiger partial charge in [0.25, 0.3) is 0 Å². The molecule has 0 aliphatic carbocycles. The van der Waals surface area contributed by atoms with Crippen LogP contribution in [0, 0.1) is 5.82 Å². The highest BCUT2D eigenvalue weighted by molar-refractivity contribution is 5.65. The van der Waals surface area contributed by atoms with E-state index < -0.39 is 12.0 Å². The van der Waals surface area contributed by atoms with E-state index in [9.17, 15) is 9.18 Å². The lowest BCUT2D eigenvalue weighted by atomic mass is 10.1. The molecule has 0 fully saturated rings. The molecule has 134 valence electrons. The summed E-state index contributed by atoms with van der Waals surface area (Å²) in [6.45, 7) is 4.19. The molecule has 2 aromatic rings. The highest BCUT2D eigenvalue weighted by atomic mass is 19.1. The average molecular weight is 348 g/mol. The second-order valence-corrected chi connectivity index (χ2v) is 5.13. The Bertz CT molecular complexity index is 730. The van der Waals surface area contributed by atoms with E-state index >= 15 is 0 Å². The van der Waals surface area contributed by atoms with Gasteiger partial charge < -0.3 is 18.9 Å². The van der Waals surface area contributed by atoms with Crippen molar-refractivity contribution < 1.29 is 28.1 Å². The first kappa shape index (κ1) is 18.6. The van der Waals surface area contributed by atoms with E-state index in [1.165, 1.54) is 13.2 Å². The molecule has 0 saturated carbocycles. The van der Waals surface area contributed by atoms with E-state index in [0.717, 1.165) is 12.0 Å². The molecule has 5 nitrogen and oxygen atoms in total. The Balaban J connectivity index is 2.25. The van der Waals surface area contributed by atoms with Gasteiger partial charge in [-0.15, -0.1) is 0 Å². The van der Waals surface area contributed by atoms with E-state index in [1.54, 1.807) is 30.3 Å². The summed E-state index contributed by atoms with van der Waals surface area (Å²) in [7, 11) is 1.22. The number of methoxy groups -OCH3 is 1. The lowest BCUT2D eigenvalue weighted by Gasteiger charge is -2.15. The third kappa shape index (κ3) is 4.86. The predicted octanol–water partition coefficient (Wildman–Crippen LogP) is 4.51. The predicted molar refractivity (Wildman–Crippen MR) is 90.8 cm³/mol. The van der Waals surface area contributed by atoms with Crippen molar-refractivity contribution in [1.29, 1.82) is 0 Å².